The Morgan fingerprint density at radius 2 is 2.50 bits per heavy atom. The monoisotopic (exact) mass is 204 g/mol. The van der Waals surface area contributed by atoms with Gasteiger partial charge in [-0.2, -0.15) is 0 Å². The van der Waals surface area contributed by atoms with Crippen LogP contribution in [0.2, 0.25) is 0 Å². The topological polar surface area (TPSA) is 78.7 Å². The first-order valence-electron chi connectivity index (χ1n) is 2.55. The molecular weight excluding hydrogens is 200 g/mol. The molecule has 0 fully saturated rings. The fraction of sp³-hybridized carbons (Fsp3) is 0.250. The maximum Gasteiger partial charge on any atom is 0.304 e. The molecule has 1 rings (SSSR count). The minimum absolute atomic E-state index is 0.176. The molecule has 0 bridgehead atoms. The molecule has 54 valence electrons. The zero-order valence-electron chi connectivity index (χ0n) is 4.99. The smallest absolute Gasteiger partial charge is 0.304 e. The third-order valence-electron chi connectivity index (χ3n) is 0.892. The van der Waals surface area contributed by atoms with E-state index in [0.29, 0.717) is 10.7 Å². The summed E-state index contributed by atoms with van der Waals surface area (Å²) in [5.74, 6) is 0.332. The fourth-order valence-electron chi connectivity index (χ4n) is 0.449. The first-order valence-corrected chi connectivity index (χ1v) is 3.34. The molecule has 5 nitrogen and oxygen atoms in total. The molecule has 0 atom stereocenters. The Morgan fingerprint density at radius 1 is 1.80 bits per heavy atom. The van der Waals surface area contributed by atoms with Crippen molar-refractivity contribution in [1.29, 1.82) is 0 Å². The molecule has 0 radical (unpaired) electrons. The van der Waals surface area contributed by atoms with Gasteiger partial charge in [-0.05, 0) is 4.85 Å². The van der Waals surface area contributed by atoms with Crippen LogP contribution in [0.5, 0.6) is 0 Å². The van der Waals surface area contributed by atoms with E-state index in [9.17, 15) is 5.21 Å². The van der Waals surface area contributed by atoms with Crippen molar-refractivity contribution in [2.45, 2.75) is 6.54 Å². The largest absolute Gasteiger partial charge is 0.593 e. The number of hydrogen-bond donors (Lipinski definition) is 1. The Balaban J connectivity index is 3.04. The van der Waals surface area contributed by atoms with Gasteiger partial charge >= 0.3 is 4.60 Å². The van der Waals surface area contributed by atoms with Crippen molar-refractivity contribution >= 4 is 15.9 Å². The zero-order chi connectivity index (χ0) is 7.56. The van der Waals surface area contributed by atoms with E-state index in [4.69, 9.17) is 5.73 Å². The number of rotatable bonds is 1. The molecule has 0 saturated heterocycles. The van der Waals surface area contributed by atoms with Gasteiger partial charge in [-0.1, -0.05) is 0 Å². The van der Waals surface area contributed by atoms with Crippen LogP contribution in [0, 0.1) is 5.21 Å². The van der Waals surface area contributed by atoms with Crippen molar-refractivity contribution in [1.82, 2.24) is 10.1 Å². The molecule has 0 aromatic carbocycles. The normalized spacial score (nSPS) is 9.80. The van der Waals surface area contributed by atoms with Crippen molar-refractivity contribution in [3.05, 3.63) is 21.8 Å². The maximum absolute atomic E-state index is 10.7. The third-order valence-corrected chi connectivity index (χ3v) is 1.40. The van der Waals surface area contributed by atoms with E-state index < -0.39 is 0 Å². The molecule has 0 aliphatic carbocycles. The van der Waals surface area contributed by atoms with Crippen molar-refractivity contribution in [3.8, 4) is 0 Å². The van der Waals surface area contributed by atoms with Gasteiger partial charge in [-0.15, -0.1) is 0 Å². The van der Waals surface area contributed by atoms with E-state index in [1.807, 2.05) is 0 Å². The van der Waals surface area contributed by atoms with Crippen LogP contribution in [0.3, 0.4) is 0 Å². The lowest BCUT2D eigenvalue weighted by Gasteiger charge is -1.95. The standard InChI is InChI=1S/C4H5BrN4O/c5-3-2-7-4(1-6)8-9(3)10/h2H,1,6H2. The molecule has 0 aliphatic heterocycles. The van der Waals surface area contributed by atoms with Crippen LogP contribution in [0.4, 0.5) is 0 Å². The second-order valence-corrected chi connectivity index (χ2v) is 2.39. The van der Waals surface area contributed by atoms with Crippen LogP contribution in [-0.2, 0) is 6.54 Å². The molecule has 6 heteroatoms. The molecule has 10 heavy (non-hydrogen) atoms. The highest BCUT2D eigenvalue weighted by Crippen LogP contribution is 1.96. The summed E-state index contributed by atoms with van der Waals surface area (Å²) in [4.78, 5) is 4.18. The van der Waals surface area contributed by atoms with Crippen molar-refractivity contribution in [2.75, 3.05) is 0 Å². The minimum Gasteiger partial charge on any atom is -0.593 e. The van der Waals surface area contributed by atoms with Crippen LogP contribution in [-0.4, -0.2) is 10.1 Å². The van der Waals surface area contributed by atoms with Crippen LogP contribution in [0.1, 0.15) is 5.82 Å². The van der Waals surface area contributed by atoms with Gasteiger partial charge in [-0.25, -0.2) is 4.98 Å². The van der Waals surface area contributed by atoms with Gasteiger partial charge < -0.3 is 10.9 Å². The third kappa shape index (κ3) is 1.39. The molecule has 0 saturated carbocycles. The summed E-state index contributed by atoms with van der Waals surface area (Å²) in [6, 6.07) is 0. The highest BCUT2D eigenvalue weighted by Gasteiger charge is 2.03. The van der Waals surface area contributed by atoms with E-state index in [1.165, 1.54) is 6.20 Å². The highest BCUT2D eigenvalue weighted by atomic mass is 79.9. The minimum atomic E-state index is 0.176. The average molecular weight is 205 g/mol. The summed E-state index contributed by atoms with van der Waals surface area (Å²) in [6.07, 6.45) is 1.36. The van der Waals surface area contributed by atoms with Gasteiger partial charge in [-0.3, -0.25) is 0 Å². The number of nitrogens with two attached hydrogens (primary N) is 1. The molecule has 0 spiro atoms. The summed E-state index contributed by atoms with van der Waals surface area (Å²) in [6.45, 7) is 0.176. The fourth-order valence-corrected chi connectivity index (χ4v) is 0.631. The lowest BCUT2D eigenvalue weighted by atomic mass is 10.6. The van der Waals surface area contributed by atoms with Gasteiger partial charge in [0.05, 0.1) is 6.54 Å². The summed E-state index contributed by atoms with van der Waals surface area (Å²) in [5, 5.41) is 14.1. The van der Waals surface area contributed by atoms with Crippen molar-refractivity contribution in [3.63, 3.8) is 0 Å². The lowest BCUT2D eigenvalue weighted by Crippen LogP contribution is -2.35. The predicted molar refractivity (Wildman–Crippen MR) is 36.6 cm³/mol. The van der Waals surface area contributed by atoms with Crippen LogP contribution in [0.25, 0.3) is 0 Å². The number of nitrogens with zero attached hydrogens (tertiary/aromatic N) is 3. The van der Waals surface area contributed by atoms with Gasteiger partial charge in [0.2, 0.25) is 5.82 Å². The SMILES string of the molecule is NCc1ncc(Br)[n+]([O-])n1. The molecular formula is C4H5BrN4O. The Bertz CT molecular complexity index is 241. The second kappa shape index (κ2) is 2.89. The van der Waals surface area contributed by atoms with Crippen LogP contribution < -0.4 is 10.6 Å². The highest BCUT2D eigenvalue weighted by molar-refractivity contribution is 9.10. The summed E-state index contributed by atoms with van der Waals surface area (Å²) < 4.78 is 0.282. The molecule has 2 N–H and O–H groups in total. The Hall–Kier alpha value is -0.750. The van der Waals surface area contributed by atoms with E-state index in [0.717, 1.165) is 0 Å². The molecule has 0 unspecified atom stereocenters. The molecule has 0 amide bonds. The molecule has 1 aromatic rings. The Labute approximate surface area is 65.6 Å². The van der Waals surface area contributed by atoms with Crippen molar-refractivity contribution in [2.24, 2.45) is 5.73 Å². The second-order valence-electron chi connectivity index (χ2n) is 1.57. The molecule has 1 aromatic heterocycles. The summed E-state index contributed by atoms with van der Waals surface area (Å²) in [7, 11) is 0. The number of hydrogen-bond acceptors (Lipinski definition) is 4. The number of aromatic nitrogens is 3. The van der Waals surface area contributed by atoms with Gasteiger partial charge in [0.1, 0.15) is 6.20 Å². The first kappa shape index (κ1) is 7.36. The van der Waals surface area contributed by atoms with Gasteiger partial charge in [0.15, 0.2) is 0 Å². The van der Waals surface area contributed by atoms with E-state index in [-0.39, 0.29) is 11.1 Å². The average Bonchev–Trinajstić information content (AvgIpc) is 1.95. The van der Waals surface area contributed by atoms with E-state index >= 15 is 0 Å². The zero-order valence-corrected chi connectivity index (χ0v) is 6.58. The molecule has 1 heterocycles. The van der Waals surface area contributed by atoms with E-state index in [2.05, 4.69) is 26.0 Å². The van der Waals surface area contributed by atoms with Gasteiger partial charge in [0, 0.05) is 21.0 Å². The summed E-state index contributed by atoms with van der Waals surface area (Å²) in [5.41, 5.74) is 5.18. The van der Waals surface area contributed by atoms with Gasteiger partial charge in [0.25, 0.3) is 0 Å². The number of halogens is 1. The maximum atomic E-state index is 10.7. The van der Waals surface area contributed by atoms with Crippen LogP contribution >= 0.6 is 15.9 Å². The Morgan fingerprint density at radius 3 is 3.00 bits per heavy atom. The quantitative estimate of drug-likeness (QED) is 0.487. The molecule has 0 aliphatic rings. The van der Waals surface area contributed by atoms with Crippen molar-refractivity contribution < 1.29 is 4.85 Å². The summed E-state index contributed by atoms with van der Waals surface area (Å²) >= 11 is 2.94. The first-order chi connectivity index (χ1) is 4.74. The Kier molecular flexibility index (Phi) is 2.13. The lowest BCUT2D eigenvalue weighted by molar-refractivity contribution is -0.681. The van der Waals surface area contributed by atoms with Crippen LogP contribution in [0.15, 0.2) is 10.8 Å². The van der Waals surface area contributed by atoms with E-state index in [1.54, 1.807) is 0 Å². The predicted octanol–water partition coefficient (Wildman–Crippen LogP) is -0.669.